The molecule has 0 saturated heterocycles. The minimum absolute atomic E-state index is 0.501. The predicted molar refractivity (Wildman–Crippen MR) is 86.7 cm³/mol. The van der Waals surface area contributed by atoms with Gasteiger partial charge in [-0.15, -0.1) is 11.3 Å². The molecule has 2 aliphatic rings. The Morgan fingerprint density at radius 1 is 1.25 bits per heavy atom. The van der Waals surface area contributed by atoms with Gasteiger partial charge in [-0.2, -0.15) is 0 Å². The van der Waals surface area contributed by atoms with E-state index in [0.29, 0.717) is 6.04 Å². The quantitative estimate of drug-likeness (QED) is 0.892. The zero-order valence-electron chi connectivity index (χ0n) is 12.8. The second kappa shape index (κ2) is 6.44. The lowest BCUT2D eigenvalue weighted by Crippen LogP contribution is -2.29. The van der Waals surface area contributed by atoms with Gasteiger partial charge in [-0.25, -0.2) is 4.98 Å². The summed E-state index contributed by atoms with van der Waals surface area (Å²) in [6.45, 7) is 3.34. The number of hydrogen-bond acceptors (Lipinski definition) is 4. The van der Waals surface area contributed by atoms with Crippen LogP contribution < -0.4 is 10.2 Å². The van der Waals surface area contributed by atoms with Crippen LogP contribution in [0, 0.1) is 0 Å². The monoisotopic (exact) mass is 293 g/mol. The predicted octanol–water partition coefficient (Wildman–Crippen LogP) is 3.90. The average Bonchev–Trinajstić information content (AvgIpc) is 3.12. The molecule has 0 bridgehead atoms. The first-order valence-electron chi connectivity index (χ1n) is 8.25. The molecule has 112 valence electrons. The summed E-state index contributed by atoms with van der Waals surface area (Å²) in [5.74, 6) is 0. The maximum absolute atomic E-state index is 5.01. The van der Waals surface area contributed by atoms with E-state index in [4.69, 9.17) is 4.98 Å². The average molecular weight is 293 g/mol. The van der Waals surface area contributed by atoms with Crippen LogP contribution in [0.2, 0.25) is 0 Å². The van der Waals surface area contributed by atoms with Gasteiger partial charge in [0.05, 0.1) is 11.7 Å². The molecule has 1 aromatic heterocycles. The largest absolute Gasteiger partial charge is 0.348 e. The fourth-order valence-electron chi connectivity index (χ4n) is 3.52. The number of thiazole rings is 1. The van der Waals surface area contributed by atoms with Crippen molar-refractivity contribution in [2.24, 2.45) is 0 Å². The van der Waals surface area contributed by atoms with Gasteiger partial charge in [-0.1, -0.05) is 19.8 Å². The van der Waals surface area contributed by atoms with E-state index >= 15 is 0 Å². The van der Waals surface area contributed by atoms with Crippen LogP contribution in [-0.2, 0) is 6.42 Å². The van der Waals surface area contributed by atoms with E-state index in [2.05, 4.69) is 24.2 Å². The van der Waals surface area contributed by atoms with Gasteiger partial charge in [-0.3, -0.25) is 0 Å². The minimum atomic E-state index is 0.501. The standard InChI is InChI=1S/C16H27N3S/c1-3-11-17-13-9-6-10-14-15(13)18-16(20-14)19(2)12-7-4-5-8-12/h12-13,17H,3-11H2,1-2H3. The Morgan fingerprint density at radius 3 is 2.80 bits per heavy atom. The third kappa shape index (κ3) is 2.86. The van der Waals surface area contributed by atoms with Crippen molar-refractivity contribution in [2.75, 3.05) is 18.5 Å². The van der Waals surface area contributed by atoms with Gasteiger partial charge in [0.25, 0.3) is 0 Å². The summed E-state index contributed by atoms with van der Waals surface area (Å²) in [6, 6.07) is 1.23. The van der Waals surface area contributed by atoms with Crippen LogP contribution >= 0.6 is 11.3 Å². The second-order valence-electron chi connectivity index (χ2n) is 6.25. The lowest BCUT2D eigenvalue weighted by atomic mass is 9.97. The summed E-state index contributed by atoms with van der Waals surface area (Å²) >= 11 is 1.94. The van der Waals surface area contributed by atoms with E-state index in [1.54, 1.807) is 0 Å². The van der Waals surface area contributed by atoms with Crippen molar-refractivity contribution in [3.8, 4) is 0 Å². The van der Waals surface area contributed by atoms with Crippen molar-refractivity contribution in [2.45, 2.75) is 70.4 Å². The molecule has 1 fully saturated rings. The van der Waals surface area contributed by atoms with E-state index in [-0.39, 0.29) is 0 Å². The molecule has 4 heteroatoms. The highest BCUT2D eigenvalue weighted by atomic mass is 32.1. The third-order valence-electron chi connectivity index (χ3n) is 4.76. The fraction of sp³-hybridized carbons (Fsp3) is 0.812. The number of nitrogens with one attached hydrogen (secondary N) is 1. The number of aromatic nitrogens is 1. The van der Waals surface area contributed by atoms with Crippen LogP contribution in [0.15, 0.2) is 0 Å². The Hall–Kier alpha value is -0.610. The lowest BCUT2D eigenvalue weighted by Gasteiger charge is -2.23. The summed E-state index contributed by atoms with van der Waals surface area (Å²) in [6.07, 6.45) is 10.5. The molecule has 1 unspecified atom stereocenters. The number of nitrogens with zero attached hydrogens (tertiary/aromatic N) is 2. The number of rotatable bonds is 5. The first kappa shape index (κ1) is 14.3. The van der Waals surface area contributed by atoms with Crippen LogP contribution in [0.4, 0.5) is 5.13 Å². The molecule has 2 aliphatic carbocycles. The van der Waals surface area contributed by atoms with E-state index in [0.717, 1.165) is 12.6 Å². The summed E-state index contributed by atoms with van der Waals surface area (Å²) in [5.41, 5.74) is 1.36. The highest BCUT2D eigenvalue weighted by Crippen LogP contribution is 2.38. The zero-order chi connectivity index (χ0) is 13.9. The number of fused-ring (bicyclic) bond motifs is 1. The zero-order valence-corrected chi connectivity index (χ0v) is 13.6. The second-order valence-corrected chi connectivity index (χ2v) is 7.32. The molecule has 1 heterocycles. The van der Waals surface area contributed by atoms with Crippen molar-refractivity contribution < 1.29 is 0 Å². The van der Waals surface area contributed by atoms with E-state index in [9.17, 15) is 0 Å². The first-order chi connectivity index (χ1) is 9.79. The van der Waals surface area contributed by atoms with Gasteiger partial charge in [0.15, 0.2) is 5.13 Å². The molecule has 0 amide bonds. The van der Waals surface area contributed by atoms with E-state index in [1.165, 1.54) is 67.1 Å². The van der Waals surface area contributed by atoms with Crippen molar-refractivity contribution in [1.29, 1.82) is 0 Å². The molecule has 1 atom stereocenters. The lowest BCUT2D eigenvalue weighted by molar-refractivity contribution is 0.454. The number of hydrogen-bond donors (Lipinski definition) is 1. The SMILES string of the molecule is CCCNC1CCCc2sc(N(C)C3CCCC3)nc21. The van der Waals surface area contributed by atoms with Crippen LogP contribution in [0.3, 0.4) is 0 Å². The van der Waals surface area contributed by atoms with Gasteiger partial charge >= 0.3 is 0 Å². The summed E-state index contributed by atoms with van der Waals surface area (Å²) in [4.78, 5) is 8.99. The molecule has 1 aromatic rings. The molecule has 1 N–H and O–H groups in total. The molecule has 0 radical (unpaired) electrons. The molecule has 0 aliphatic heterocycles. The molecule has 3 nitrogen and oxygen atoms in total. The van der Waals surface area contributed by atoms with Crippen LogP contribution in [0.25, 0.3) is 0 Å². The minimum Gasteiger partial charge on any atom is -0.348 e. The Morgan fingerprint density at radius 2 is 2.05 bits per heavy atom. The highest BCUT2D eigenvalue weighted by molar-refractivity contribution is 7.15. The van der Waals surface area contributed by atoms with Gasteiger partial charge in [0, 0.05) is 18.0 Å². The molecule has 1 saturated carbocycles. The van der Waals surface area contributed by atoms with Crippen molar-refractivity contribution in [3.63, 3.8) is 0 Å². The molecular weight excluding hydrogens is 266 g/mol. The molecule has 0 aromatic carbocycles. The number of aryl methyl sites for hydroxylation is 1. The van der Waals surface area contributed by atoms with Gasteiger partial charge < -0.3 is 10.2 Å². The van der Waals surface area contributed by atoms with Gasteiger partial charge in [-0.05, 0) is 45.1 Å². The smallest absolute Gasteiger partial charge is 0.185 e. The molecule has 20 heavy (non-hydrogen) atoms. The summed E-state index contributed by atoms with van der Waals surface area (Å²) < 4.78 is 0. The van der Waals surface area contributed by atoms with Crippen molar-refractivity contribution >= 4 is 16.5 Å². The molecule has 3 rings (SSSR count). The molecular formula is C16H27N3S. The third-order valence-corrected chi connectivity index (χ3v) is 5.98. The van der Waals surface area contributed by atoms with Crippen molar-refractivity contribution in [1.82, 2.24) is 10.3 Å². The molecule has 0 spiro atoms. The first-order valence-corrected chi connectivity index (χ1v) is 9.07. The van der Waals surface area contributed by atoms with Crippen LogP contribution in [0.1, 0.15) is 68.5 Å². The normalized spacial score (nSPS) is 23.0. The van der Waals surface area contributed by atoms with E-state index in [1.807, 2.05) is 11.3 Å². The van der Waals surface area contributed by atoms with Crippen LogP contribution in [0.5, 0.6) is 0 Å². The van der Waals surface area contributed by atoms with E-state index < -0.39 is 0 Å². The Bertz CT molecular complexity index is 437. The van der Waals surface area contributed by atoms with Gasteiger partial charge in [0.2, 0.25) is 0 Å². The highest BCUT2D eigenvalue weighted by Gasteiger charge is 2.27. The fourth-order valence-corrected chi connectivity index (χ4v) is 4.72. The maximum Gasteiger partial charge on any atom is 0.185 e. The number of anilines is 1. The summed E-state index contributed by atoms with van der Waals surface area (Å²) in [7, 11) is 2.24. The van der Waals surface area contributed by atoms with Gasteiger partial charge in [0.1, 0.15) is 0 Å². The summed E-state index contributed by atoms with van der Waals surface area (Å²) in [5, 5.41) is 4.93. The maximum atomic E-state index is 5.01. The van der Waals surface area contributed by atoms with Crippen molar-refractivity contribution in [3.05, 3.63) is 10.6 Å². The Labute approximate surface area is 126 Å². The van der Waals surface area contributed by atoms with Crippen LogP contribution in [-0.4, -0.2) is 24.6 Å². The Kier molecular flexibility index (Phi) is 4.61. The Balaban J connectivity index is 1.76. The topological polar surface area (TPSA) is 28.2 Å².